The van der Waals surface area contributed by atoms with Gasteiger partial charge in [0, 0.05) is 0 Å². The third-order valence-corrected chi connectivity index (χ3v) is 2.59. The van der Waals surface area contributed by atoms with Crippen molar-refractivity contribution in [3.05, 3.63) is 29.3 Å². The molecule has 0 radical (unpaired) electrons. The molecule has 1 aromatic rings. The van der Waals surface area contributed by atoms with Crippen molar-refractivity contribution in [2.24, 2.45) is 0 Å². The van der Waals surface area contributed by atoms with E-state index in [2.05, 4.69) is 0 Å². The molecule has 0 saturated heterocycles. The third kappa shape index (κ3) is 1.99. The van der Waals surface area contributed by atoms with Crippen LogP contribution in [0.2, 0.25) is 0 Å². The molecule has 0 atom stereocenters. The van der Waals surface area contributed by atoms with Crippen LogP contribution in [0.15, 0.2) is 18.2 Å². The molecular formula is C10H8BF3N-. The van der Waals surface area contributed by atoms with Crippen LogP contribution in [0.5, 0.6) is 0 Å². The van der Waals surface area contributed by atoms with Gasteiger partial charge in [0.15, 0.2) is 0 Å². The molecule has 0 bridgehead atoms. The summed E-state index contributed by atoms with van der Waals surface area (Å²) in [5.74, 6) is 0.165. The van der Waals surface area contributed by atoms with Gasteiger partial charge in [-0.3, -0.25) is 0 Å². The number of halogens is 3. The highest BCUT2D eigenvalue weighted by Gasteiger charge is 2.30. The van der Waals surface area contributed by atoms with Crippen LogP contribution < -0.4 is 5.46 Å². The van der Waals surface area contributed by atoms with Crippen LogP contribution in [0.3, 0.4) is 0 Å². The van der Waals surface area contributed by atoms with E-state index in [-0.39, 0.29) is 5.92 Å². The molecule has 0 aliphatic heterocycles. The molecule has 1 fully saturated rings. The monoisotopic (exact) mass is 210 g/mol. The molecular weight excluding hydrogens is 202 g/mol. The van der Waals surface area contributed by atoms with Crippen molar-refractivity contribution in [2.45, 2.75) is 18.8 Å². The highest BCUT2D eigenvalue weighted by Crippen LogP contribution is 2.41. The van der Waals surface area contributed by atoms with Crippen molar-refractivity contribution in [3.8, 4) is 6.07 Å². The molecule has 1 aliphatic carbocycles. The summed E-state index contributed by atoms with van der Waals surface area (Å²) >= 11 is 0. The first kappa shape index (κ1) is 10.1. The number of benzene rings is 1. The minimum Gasteiger partial charge on any atom is -0.445 e. The van der Waals surface area contributed by atoms with E-state index in [1.165, 1.54) is 6.07 Å². The van der Waals surface area contributed by atoms with E-state index < -0.39 is 12.4 Å². The SMILES string of the molecule is N#Cc1ccc([B-](F)(F)F)cc1C1CC1. The van der Waals surface area contributed by atoms with Crippen molar-refractivity contribution in [3.63, 3.8) is 0 Å². The van der Waals surface area contributed by atoms with Gasteiger partial charge in [-0.2, -0.15) is 5.26 Å². The molecule has 1 saturated carbocycles. The molecule has 5 heteroatoms. The lowest BCUT2D eigenvalue weighted by Crippen LogP contribution is -2.34. The molecule has 0 unspecified atom stereocenters. The molecule has 78 valence electrons. The average Bonchev–Trinajstić information content (AvgIpc) is 2.98. The zero-order valence-electron chi connectivity index (χ0n) is 7.88. The summed E-state index contributed by atoms with van der Waals surface area (Å²) in [6.07, 6.45) is 1.78. The van der Waals surface area contributed by atoms with Crippen LogP contribution in [0.4, 0.5) is 12.9 Å². The van der Waals surface area contributed by atoms with Gasteiger partial charge in [0.1, 0.15) is 0 Å². The summed E-state index contributed by atoms with van der Waals surface area (Å²) in [5.41, 5.74) is 0.339. The van der Waals surface area contributed by atoms with Crippen LogP contribution in [0.1, 0.15) is 29.9 Å². The topological polar surface area (TPSA) is 23.8 Å². The summed E-state index contributed by atoms with van der Waals surface area (Å²) in [6.45, 7) is -4.95. The summed E-state index contributed by atoms with van der Waals surface area (Å²) in [6, 6.07) is 5.34. The van der Waals surface area contributed by atoms with Gasteiger partial charge in [-0.25, -0.2) is 0 Å². The Morgan fingerprint density at radius 3 is 2.40 bits per heavy atom. The number of nitrogens with zero attached hydrogens (tertiary/aromatic N) is 1. The molecule has 0 spiro atoms. The first-order valence-corrected chi connectivity index (χ1v) is 4.76. The highest BCUT2D eigenvalue weighted by atomic mass is 19.4. The average molecular weight is 210 g/mol. The van der Waals surface area contributed by atoms with Crippen LogP contribution in [-0.2, 0) is 0 Å². The molecule has 1 aliphatic rings. The molecule has 0 aromatic heterocycles. The van der Waals surface area contributed by atoms with Gasteiger partial charge in [-0.05, 0) is 30.4 Å². The first-order chi connectivity index (χ1) is 7.02. The predicted octanol–water partition coefficient (Wildman–Crippen LogP) is 2.49. The Morgan fingerprint density at radius 1 is 1.27 bits per heavy atom. The zero-order chi connectivity index (χ0) is 11.1. The van der Waals surface area contributed by atoms with E-state index in [1.807, 2.05) is 6.07 Å². The van der Waals surface area contributed by atoms with Crippen molar-refractivity contribution < 1.29 is 12.9 Å². The molecule has 2 rings (SSSR count). The standard InChI is InChI=1S/C10H8BF3N/c12-11(13,14)9-4-3-8(6-15)10(5-9)7-1-2-7/h3-5,7H,1-2H2/q-1. The van der Waals surface area contributed by atoms with Gasteiger partial charge < -0.3 is 12.9 Å². The van der Waals surface area contributed by atoms with E-state index in [0.29, 0.717) is 11.1 Å². The predicted molar refractivity (Wildman–Crippen MR) is 51.8 cm³/mol. The van der Waals surface area contributed by atoms with E-state index in [0.717, 1.165) is 25.0 Å². The number of hydrogen-bond donors (Lipinski definition) is 0. The lowest BCUT2D eigenvalue weighted by atomic mass is 9.78. The van der Waals surface area contributed by atoms with Gasteiger partial charge in [0.05, 0.1) is 11.6 Å². The van der Waals surface area contributed by atoms with E-state index in [9.17, 15) is 12.9 Å². The van der Waals surface area contributed by atoms with Crippen LogP contribution in [0, 0.1) is 11.3 Å². The fraction of sp³-hybridized carbons (Fsp3) is 0.300. The second-order valence-corrected chi connectivity index (χ2v) is 3.81. The minimum absolute atomic E-state index is 0.165. The second kappa shape index (κ2) is 3.30. The summed E-state index contributed by atoms with van der Waals surface area (Å²) < 4.78 is 37.4. The van der Waals surface area contributed by atoms with Crippen LogP contribution >= 0.6 is 0 Å². The Labute approximate surface area is 85.6 Å². The number of nitriles is 1. The van der Waals surface area contributed by atoms with Gasteiger partial charge in [0.2, 0.25) is 0 Å². The van der Waals surface area contributed by atoms with Crippen LogP contribution in [-0.4, -0.2) is 6.98 Å². The Morgan fingerprint density at radius 2 is 1.93 bits per heavy atom. The lowest BCUT2D eigenvalue weighted by Gasteiger charge is -2.16. The first-order valence-electron chi connectivity index (χ1n) is 4.76. The van der Waals surface area contributed by atoms with Crippen molar-refractivity contribution in [2.75, 3.05) is 0 Å². The Bertz CT molecular complexity index is 429. The van der Waals surface area contributed by atoms with Crippen molar-refractivity contribution in [1.82, 2.24) is 0 Å². The molecule has 0 amide bonds. The van der Waals surface area contributed by atoms with Crippen molar-refractivity contribution in [1.29, 1.82) is 5.26 Å². The fourth-order valence-electron chi connectivity index (χ4n) is 1.62. The number of hydrogen-bond acceptors (Lipinski definition) is 1. The largest absolute Gasteiger partial charge is 0.509 e. The van der Waals surface area contributed by atoms with E-state index in [1.54, 1.807) is 0 Å². The van der Waals surface area contributed by atoms with Gasteiger partial charge in [-0.1, -0.05) is 12.1 Å². The summed E-state index contributed by atoms with van der Waals surface area (Å²) in [7, 11) is 0. The molecule has 1 aromatic carbocycles. The minimum atomic E-state index is -4.95. The van der Waals surface area contributed by atoms with Gasteiger partial charge in [-0.15, -0.1) is 5.46 Å². The van der Waals surface area contributed by atoms with Gasteiger partial charge in [0.25, 0.3) is 0 Å². The maximum absolute atomic E-state index is 12.5. The van der Waals surface area contributed by atoms with Crippen molar-refractivity contribution >= 4 is 12.4 Å². The number of rotatable bonds is 2. The molecule has 0 N–H and O–H groups in total. The fourth-order valence-corrected chi connectivity index (χ4v) is 1.62. The summed E-state index contributed by atoms with van der Waals surface area (Å²) in [4.78, 5) is 0. The normalized spacial score (nSPS) is 16.1. The molecule has 1 nitrogen and oxygen atoms in total. The lowest BCUT2D eigenvalue weighted by molar-refractivity contribution is 0.501. The smallest absolute Gasteiger partial charge is 0.445 e. The maximum Gasteiger partial charge on any atom is 0.509 e. The van der Waals surface area contributed by atoms with Gasteiger partial charge >= 0.3 is 6.98 Å². The molecule has 0 heterocycles. The maximum atomic E-state index is 12.5. The zero-order valence-corrected chi connectivity index (χ0v) is 7.88. The van der Waals surface area contributed by atoms with Crippen LogP contribution in [0.25, 0.3) is 0 Å². The highest BCUT2D eigenvalue weighted by molar-refractivity contribution is 6.73. The Hall–Kier alpha value is -1.44. The quantitative estimate of drug-likeness (QED) is 0.687. The third-order valence-electron chi connectivity index (χ3n) is 2.59. The molecule has 15 heavy (non-hydrogen) atoms. The van der Waals surface area contributed by atoms with E-state index >= 15 is 0 Å². The summed E-state index contributed by atoms with van der Waals surface area (Å²) in [5, 5.41) is 8.76. The van der Waals surface area contributed by atoms with E-state index in [4.69, 9.17) is 5.26 Å². The Balaban J connectivity index is 2.46. The Kier molecular flexibility index (Phi) is 2.22. The second-order valence-electron chi connectivity index (χ2n) is 3.81.